The SMILES string of the molecule is C/C=C/C(=O)C1(C)CCCC(C)=C1C. The monoisotopic (exact) mass is 192 g/mol. The number of carbonyl (C=O) groups excluding carboxylic acids is 1. The van der Waals surface area contributed by atoms with Crippen LogP contribution in [-0.2, 0) is 4.79 Å². The van der Waals surface area contributed by atoms with Crippen LogP contribution in [0.3, 0.4) is 0 Å². The molecule has 0 N–H and O–H groups in total. The van der Waals surface area contributed by atoms with E-state index in [4.69, 9.17) is 0 Å². The molecule has 78 valence electrons. The van der Waals surface area contributed by atoms with E-state index in [0.717, 1.165) is 19.3 Å². The number of carbonyl (C=O) groups is 1. The molecule has 1 aliphatic rings. The van der Waals surface area contributed by atoms with Crippen LogP contribution in [0.1, 0.15) is 47.0 Å². The predicted octanol–water partition coefficient (Wildman–Crippen LogP) is 3.66. The average Bonchev–Trinajstić information content (AvgIpc) is 2.14. The molecule has 0 saturated heterocycles. The van der Waals surface area contributed by atoms with Gasteiger partial charge in [-0.1, -0.05) is 17.2 Å². The van der Waals surface area contributed by atoms with Crippen molar-refractivity contribution in [1.82, 2.24) is 0 Å². The minimum Gasteiger partial charge on any atom is -0.294 e. The summed E-state index contributed by atoms with van der Waals surface area (Å²) in [6.45, 7) is 8.23. The van der Waals surface area contributed by atoms with Gasteiger partial charge in [0.25, 0.3) is 0 Å². The van der Waals surface area contributed by atoms with Crippen LogP contribution in [0.5, 0.6) is 0 Å². The molecule has 0 amide bonds. The molecule has 0 aliphatic heterocycles. The second-order valence-corrected chi connectivity index (χ2v) is 4.46. The van der Waals surface area contributed by atoms with Crippen LogP contribution < -0.4 is 0 Å². The van der Waals surface area contributed by atoms with E-state index in [9.17, 15) is 4.79 Å². The lowest BCUT2D eigenvalue weighted by atomic mass is 9.69. The van der Waals surface area contributed by atoms with E-state index in [2.05, 4.69) is 20.8 Å². The van der Waals surface area contributed by atoms with Crippen molar-refractivity contribution >= 4 is 5.78 Å². The summed E-state index contributed by atoms with van der Waals surface area (Å²) in [6.07, 6.45) is 6.85. The number of allylic oxidation sites excluding steroid dienone is 4. The van der Waals surface area contributed by atoms with Gasteiger partial charge < -0.3 is 0 Å². The summed E-state index contributed by atoms with van der Waals surface area (Å²) in [7, 11) is 0. The van der Waals surface area contributed by atoms with Crippen molar-refractivity contribution in [2.75, 3.05) is 0 Å². The second-order valence-electron chi connectivity index (χ2n) is 4.46. The molecule has 1 aliphatic carbocycles. The van der Waals surface area contributed by atoms with Crippen LogP contribution in [-0.4, -0.2) is 5.78 Å². The fraction of sp³-hybridized carbons (Fsp3) is 0.615. The first kappa shape index (κ1) is 11.2. The molecule has 1 atom stereocenters. The van der Waals surface area contributed by atoms with E-state index in [1.807, 2.05) is 13.0 Å². The molecule has 0 saturated carbocycles. The zero-order valence-electron chi connectivity index (χ0n) is 9.68. The van der Waals surface area contributed by atoms with E-state index in [0.29, 0.717) is 0 Å². The third-order valence-electron chi connectivity index (χ3n) is 3.56. The minimum atomic E-state index is -0.227. The van der Waals surface area contributed by atoms with E-state index in [-0.39, 0.29) is 11.2 Å². The Morgan fingerprint density at radius 2 is 2.07 bits per heavy atom. The highest BCUT2D eigenvalue weighted by Crippen LogP contribution is 2.41. The summed E-state index contributed by atoms with van der Waals surface area (Å²) in [4.78, 5) is 12.0. The molecule has 1 rings (SSSR count). The number of hydrogen-bond donors (Lipinski definition) is 0. The van der Waals surface area contributed by atoms with Gasteiger partial charge in [-0.2, -0.15) is 0 Å². The first-order valence-electron chi connectivity index (χ1n) is 5.36. The molecule has 0 aromatic carbocycles. The fourth-order valence-corrected chi connectivity index (χ4v) is 2.20. The maximum Gasteiger partial charge on any atom is 0.165 e. The Morgan fingerprint density at radius 1 is 1.43 bits per heavy atom. The first-order chi connectivity index (χ1) is 6.52. The van der Waals surface area contributed by atoms with Gasteiger partial charge in [0, 0.05) is 0 Å². The van der Waals surface area contributed by atoms with Crippen molar-refractivity contribution in [3.63, 3.8) is 0 Å². The van der Waals surface area contributed by atoms with Crippen LogP contribution in [0.15, 0.2) is 23.3 Å². The van der Waals surface area contributed by atoms with E-state index >= 15 is 0 Å². The third-order valence-corrected chi connectivity index (χ3v) is 3.56. The predicted molar refractivity (Wildman–Crippen MR) is 60.2 cm³/mol. The minimum absolute atomic E-state index is 0.227. The maximum atomic E-state index is 12.0. The smallest absolute Gasteiger partial charge is 0.165 e. The molecule has 0 bridgehead atoms. The van der Waals surface area contributed by atoms with Crippen molar-refractivity contribution in [2.45, 2.75) is 47.0 Å². The average molecular weight is 192 g/mol. The molecule has 1 nitrogen and oxygen atoms in total. The van der Waals surface area contributed by atoms with E-state index in [1.54, 1.807) is 6.08 Å². The summed E-state index contributed by atoms with van der Waals surface area (Å²) < 4.78 is 0. The van der Waals surface area contributed by atoms with Crippen molar-refractivity contribution in [1.29, 1.82) is 0 Å². The molecule has 0 aromatic heterocycles. The van der Waals surface area contributed by atoms with Crippen molar-refractivity contribution < 1.29 is 4.79 Å². The Labute approximate surface area is 86.9 Å². The zero-order chi connectivity index (χ0) is 10.8. The second kappa shape index (κ2) is 4.12. The molecule has 0 radical (unpaired) electrons. The Hall–Kier alpha value is -0.850. The summed E-state index contributed by atoms with van der Waals surface area (Å²) >= 11 is 0. The van der Waals surface area contributed by atoms with Crippen molar-refractivity contribution in [2.24, 2.45) is 5.41 Å². The molecule has 0 fully saturated rings. The summed E-state index contributed by atoms with van der Waals surface area (Å²) in [5.41, 5.74) is 2.46. The summed E-state index contributed by atoms with van der Waals surface area (Å²) in [5, 5.41) is 0. The van der Waals surface area contributed by atoms with Crippen molar-refractivity contribution in [3.8, 4) is 0 Å². The number of ketones is 1. The van der Waals surface area contributed by atoms with Crippen LogP contribution in [0, 0.1) is 5.41 Å². The van der Waals surface area contributed by atoms with Gasteiger partial charge in [0.1, 0.15) is 0 Å². The first-order valence-corrected chi connectivity index (χ1v) is 5.36. The van der Waals surface area contributed by atoms with Gasteiger partial charge in [0.15, 0.2) is 5.78 Å². The number of rotatable bonds is 2. The maximum absolute atomic E-state index is 12.0. The van der Waals surface area contributed by atoms with Crippen LogP contribution in [0.2, 0.25) is 0 Å². The topological polar surface area (TPSA) is 17.1 Å². The highest BCUT2D eigenvalue weighted by molar-refractivity contribution is 5.96. The van der Waals surface area contributed by atoms with E-state index < -0.39 is 0 Å². The largest absolute Gasteiger partial charge is 0.294 e. The number of hydrogen-bond acceptors (Lipinski definition) is 1. The fourth-order valence-electron chi connectivity index (χ4n) is 2.20. The van der Waals surface area contributed by atoms with Gasteiger partial charge in [-0.05, 0) is 53.0 Å². The summed E-state index contributed by atoms with van der Waals surface area (Å²) in [6, 6.07) is 0. The van der Waals surface area contributed by atoms with Gasteiger partial charge >= 0.3 is 0 Å². The summed E-state index contributed by atoms with van der Waals surface area (Å²) in [5.74, 6) is 0.261. The zero-order valence-corrected chi connectivity index (χ0v) is 9.68. The van der Waals surface area contributed by atoms with Gasteiger partial charge in [-0.15, -0.1) is 0 Å². The molecule has 14 heavy (non-hydrogen) atoms. The standard InChI is InChI=1S/C13H20O/c1-5-7-12(14)13(4)9-6-8-10(2)11(13)3/h5,7H,6,8-9H2,1-4H3/b7-5+. The van der Waals surface area contributed by atoms with Gasteiger partial charge in [0.05, 0.1) is 5.41 Å². The lowest BCUT2D eigenvalue weighted by Crippen LogP contribution is -2.30. The van der Waals surface area contributed by atoms with Crippen molar-refractivity contribution in [3.05, 3.63) is 23.3 Å². The lowest BCUT2D eigenvalue weighted by Gasteiger charge is -2.33. The highest BCUT2D eigenvalue weighted by Gasteiger charge is 2.35. The van der Waals surface area contributed by atoms with Gasteiger partial charge in [-0.3, -0.25) is 4.79 Å². The highest BCUT2D eigenvalue weighted by atomic mass is 16.1. The molecular weight excluding hydrogens is 172 g/mol. The van der Waals surface area contributed by atoms with E-state index in [1.165, 1.54) is 11.1 Å². The van der Waals surface area contributed by atoms with Gasteiger partial charge in [0.2, 0.25) is 0 Å². The lowest BCUT2D eigenvalue weighted by molar-refractivity contribution is -0.121. The van der Waals surface area contributed by atoms with Crippen LogP contribution in [0.25, 0.3) is 0 Å². The Morgan fingerprint density at radius 3 is 2.64 bits per heavy atom. The Bertz CT molecular complexity index is 296. The molecule has 0 spiro atoms. The molecule has 1 unspecified atom stereocenters. The quantitative estimate of drug-likeness (QED) is 0.482. The van der Waals surface area contributed by atoms with Crippen LogP contribution >= 0.6 is 0 Å². The normalized spacial score (nSPS) is 28.6. The molecular formula is C13H20O. The Balaban J connectivity index is 3.04. The third kappa shape index (κ3) is 1.82. The molecule has 1 heteroatoms. The molecule has 0 aromatic rings. The Kier molecular flexibility index (Phi) is 3.30. The van der Waals surface area contributed by atoms with Gasteiger partial charge in [-0.25, -0.2) is 0 Å². The van der Waals surface area contributed by atoms with Crippen LogP contribution in [0.4, 0.5) is 0 Å². The molecule has 0 heterocycles.